The van der Waals surface area contributed by atoms with Crippen LogP contribution in [-0.4, -0.2) is 38.4 Å². The van der Waals surface area contributed by atoms with Gasteiger partial charge in [-0.3, -0.25) is 4.79 Å². The quantitative estimate of drug-likeness (QED) is 0.670. The van der Waals surface area contributed by atoms with Crippen LogP contribution in [0.15, 0.2) is 0 Å². The highest BCUT2D eigenvalue weighted by molar-refractivity contribution is 5.86. The van der Waals surface area contributed by atoms with E-state index in [2.05, 4.69) is 0 Å². The monoisotopic (exact) mass is 270 g/mol. The molecule has 0 bridgehead atoms. The van der Waals surface area contributed by atoms with Gasteiger partial charge in [0.2, 0.25) is 0 Å². The highest BCUT2D eigenvalue weighted by Crippen LogP contribution is 2.55. The largest absolute Gasteiger partial charge is 0.392 e. The van der Waals surface area contributed by atoms with Crippen LogP contribution in [0.2, 0.25) is 0 Å². The zero-order valence-corrected chi connectivity index (χ0v) is 12.3. The second-order valence-electron chi connectivity index (χ2n) is 7.46. The van der Waals surface area contributed by atoms with Gasteiger partial charge in [0.1, 0.15) is 5.78 Å². The first-order valence-corrected chi connectivity index (χ1v) is 7.16. The Kier molecular flexibility index (Phi) is 3.36. The van der Waals surface area contributed by atoms with Crippen LogP contribution in [0.1, 0.15) is 53.4 Å². The number of fused-ring (bicyclic) bond motifs is 1. The smallest absolute Gasteiger partial charge is 0.139 e. The summed E-state index contributed by atoms with van der Waals surface area (Å²) in [5.41, 5.74) is -2.72. The van der Waals surface area contributed by atoms with E-state index in [1.165, 1.54) is 0 Å². The summed E-state index contributed by atoms with van der Waals surface area (Å²) < 4.78 is 0. The molecule has 2 aliphatic carbocycles. The number of aliphatic hydroxyl groups excluding tert-OH is 1. The van der Waals surface area contributed by atoms with Crippen molar-refractivity contribution in [1.29, 1.82) is 0 Å². The highest BCUT2D eigenvalue weighted by Gasteiger charge is 2.60. The van der Waals surface area contributed by atoms with E-state index < -0.39 is 28.6 Å². The maximum absolute atomic E-state index is 12.3. The van der Waals surface area contributed by atoms with E-state index >= 15 is 0 Å². The van der Waals surface area contributed by atoms with Gasteiger partial charge in [-0.15, -0.1) is 0 Å². The van der Waals surface area contributed by atoms with Crippen LogP contribution in [0.5, 0.6) is 0 Å². The number of carbonyl (C=O) groups is 1. The van der Waals surface area contributed by atoms with Gasteiger partial charge >= 0.3 is 0 Å². The Balaban J connectivity index is 2.40. The Hall–Kier alpha value is -0.450. The second-order valence-corrected chi connectivity index (χ2v) is 7.46. The molecular formula is C15H26O4. The maximum Gasteiger partial charge on any atom is 0.139 e. The fourth-order valence-corrected chi connectivity index (χ4v) is 4.34. The van der Waals surface area contributed by atoms with E-state index in [0.29, 0.717) is 25.7 Å². The molecular weight excluding hydrogens is 244 g/mol. The molecule has 2 saturated carbocycles. The summed E-state index contributed by atoms with van der Waals surface area (Å²) in [6.07, 6.45) is 1.15. The van der Waals surface area contributed by atoms with E-state index in [0.717, 1.165) is 0 Å². The van der Waals surface area contributed by atoms with E-state index in [1.54, 1.807) is 20.8 Å². The van der Waals surface area contributed by atoms with Gasteiger partial charge in [0, 0.05) is 23.7 Å². The van der Waals surface area contributed by atoms with Crippen LogP contribution in [0.25, 0.3) is 0 Å². The lowest BCUT2D eigenvalue weighted by Gasteiger charge is -2.56. The van der Waals surface area contributed by atoms with Crippen molar-refractivity contribution in [2.75, 3.05) is 0 Å². The third kappa shape index (κ3) is 2.24. The zero-order valence-electron chi connectivity index (χ0n) is 12.3. The normalized spacial score (nSPS) is 47.9. The molecule has 0 saturated heterocycles. The summed E-state index contributed by atoms with van der Waals surface area (Å²) in [4.78, 5) is 12.3. The van der Waals surface area contributed by atoms with Crippen molar-refractivity contribution in [2.45, 2.75) is 70.7 Å². The molecule has 2 rings (SSSR count). The molecule has 2 aliphatic rings. The first-order chi connectivity index (χ1) is 8.50. The summed E-state index contributed by atoms with van der Waals surface area (Å²) in [7, 11) is 0. The van der Waals surface area contributed by atoms with Crippen LogP contribution in [-0.2, 0) is 4.79 Å². The standard InChI is InChI=1S/C15H26O4/c1-13(2,18)9-5-7-14(3)10(16)6-8-15(4,19)12(14)11(9)17/h9,11-12,17-19H,5-8H2,1-4H3/t9-,11-,12?,14+,15+/m1/s1. The number of ketones is 1. The van der Waals surface area contributed by atoms with Gasteiger partial charge in [-0.2, -0.15) is 0 Å². The molecule has 4 nitrogen and oxygen atoms in total. The van der Waals surface area contributed by atoms with Crippen LogP contribution in [0.3, 0.4) is 0 Å². The Bertz CT molecular complexity index is 382. The number of carbonyl (C=O) groups excluding carboxylic acids is 1. The number of rotatable bonds is 1. The Morgan fingerprint density at radius 3 is 2.37 bits per heavy atom. The van der Waals surface area contributed by atoms with Gasteiger partial charge in [0.25, 0.3) is 0 Å². The van der Waals surface area contributed by atoms with Crippen molar-refractivity contribution in [1.82, 2.24) is 0 Å². The lowest BCUT2D eigenvalue weighted by atomic mass is 9.50. The number of Topliss-reactive ketones (excluding diaryl/α,β-unsaturated/α-hetero) is 1. The fraction of sp³-hybridized carbons (Fsp3) is 0.933. The van der Waals surface area contributed by atoms with Crippen LogP contribution in [0.4, 0.5) is 0 Å². The molecule has 0 aromatic heterocycles. The SMILES string of the molecule is CC(C)(O)[C@@H]1CC[C@@]2(C)C(=O)CC[C@](C)(O)C2[C@@H]1O. The van der Waals surface area contributed by atoms with Gasteiger partial charge in [0.05, 0.1) is 17.3 Å². The van der Waals surface area contributed by atoms with Crippen LogP contribution >= 0.6 is 0 Å². The molecule has 3 N–H and O–H groups in total. The molecule has 1 unspecified atom stereocenters. The molecule has 0 aromatic rings. The summed E-state index contributed by atoms with van der Waals surface area (Å²) in [5, 5.41) is 31.5. The van der Waals surface area contributed by atoms with Gasteiger partial charge in [-0.05, 0) is 40.0 Å². The van der Waals surface area contributed by atoms with E-state index in [4.69, 9.17) is 0 Å². The van der Waals surface area contributed by atoms with Crippen molar-refractivity contribution in [3.05, 3.63) is 0 Å². The molecule has 0 amide bonds. The van der Waals surface area contributed by atoms with Crippen LogP contribution < -0.4 is 0 Å². The summed E-state index contributed by atoms with van der Waals surface area (Å²) in [6.45, 7) is 6.93. The maximum atomic E-state index is 12.3. The number of hydrogen-bond acceptors (Lipinski definition) is 4. The van der Waals surface area contributed by atoms with Gasteiger partial charge in [-0.1, -0.05) is 6.92 Å². The zero-order chi connectivity index (χ0) is 14.6. The Morgan fingerprint density at radius 2 is 1.84 bits per heavy atom. The highest BCUT2D eigenvalue weighted by atomic mass is 16.3. The third-order valence-electron chi connectivity index (χ3n) is 5.49. The minimum absolute atomic E-state index is 0.136. The molecule has 5 atom stereocenters. The molecule has 0 heterocycles. The average Bonchev–Trinajstić information content (AvgIpc) is 2.22. The lowest BCUT2D eigenvalue weighted by Crippen LogP contribution is -2.63. The van der Waals surface area contributed by atoms with Crippen molar-refractivity contribution in [3.63, 3.8) is 0 Å². The molecule has 0 aromatic carbocycles. The van der Waals surface area contributed by atoms with Gasteiger partial charge in [0.15, 0.2) is 0 Å². The molecule has 0 aliphatic heterocycles. The Morgan fingerprint density at radius 1 is 1.26 bits per heavy atom. The van der Waals surface area contributed by atoms with Crippen LogP contribution in [0, 0.1) is 17.3 Å². The summed E-state index contributed by atoms with van der Waals surface area (Å²) >= 11 is 0. The Labute approximate surface area is 114 Å². The minimum atomic E-state index is -1.05. The average molecular weight is 270 g/mol. The first kappa shape index (κ1) is 14.9. The lowest BCUT2D eigenvalue weighted by molar-refractivity contribution is -0.202. The number of aliphatic hydroxyl groups is 3. The second kappa shape index (κ2) is 4.27. The summed E-state index contributed by atoms with van der Waals surface area (Å²) in [5.74, 6) is -0.661. The van der Waals surface area contributed by atoms with Crippen molar-refractivity contribution < 1.29 is 20.1 Å². The van der Waals surface area contributed by atoms with Crippen molar-refractivity contribution in [3.8, 4) is 0 Å². The minimum Gasteiger partial charge on any atom is -0.392 e. The molecule has 0 radical (unpaired) electrons. The topological polar surface area (TPSA) is 77.8 Å². The molecule has 19 heavy (non-hydrogen) atoms. The predicted molar refractivity (Wildman–Crippen MR) is 71.5 cm³/mol. The number of hydrogen-bond donors (Lipinski definition) is 3. The van der Waals surface area contributed by atoms with Gasteiger partial charge in [-0.25, -0.2) is 0 Å². The molecule has 2 fully saturated rings. The van der Waals surface area contributed by atoms with E-state index in [9.17, 15) is 20.1 Å². The predicted octanol–water partition coefficient (Wildman–Crippen LogP) is 1.26. The molecule has 0 spiro atoms. The third-order valence-corrected chi connectivity index (χ3v) is 5.49. The van der Waals surface area contributed by atoms with E-state index in [-0.39, 0.29) is 11.7 Å². The first-order valence-electron chi connectivity index (χ1n) is 7.16. The molecule has 4 heteroatoms. The van der Waals surface area contributed by atoms with Crippen molar-refractivity contribution >= 4 is 5.78 Å². The fourth-order valence-electron chi connectivity index (χ4n) is 4.34. The molecule has 110 valence electrons. The summed E-state index contributed by atoms with van der Waals surface area (Å²) in [6, 6.07) is 0. The van der Waals surface area contributed by atoms with Gasteiger partial charge < -0.3 is 15.3 Å². The van der Waals surface area contributed by atoms with Crippen molar-refractivity contribution in [2.24, 2.45) is 17.3 Å². The van der Waals surface area contributed by atoms with E-state index in [1.807, 2.05) is 6.92 Å².